The van der Waals surface area contributed by atoms with Gasteiger partial charge in [-0.1, -0.05) is 18.5 Å². The van der Waals surface area contributed by atoms with Gasteiger partial charge in [0.2, 0.25) is 6.79 Å². The van der Waals surface area contributed by atoms with Crippen molar-refractivity contribution in [1.82, 2.24) is 5.32 Å². The number of fused-ring (bicyclic) bond motifs is 1. The fourth-order valence-electron chi connectivity index (χ4n) is 1.72. The molecule has 1 heterocycles. The number of nitrogens with one attached hydrogen (secondary N) is 1. The van der Waals surface area contributed by atoms with Crippen LogP contribution in [-0.2, 0) is 9.53 Å². The molecule has 1 amide bonds. The van der Waals surface area contributed by atoms with Crippen molar-refractivity contribution in [1.29, 1.82) is 0 Å². The van der Waals surface area contributed by atoms with E-state index in [1.807, 2.05) is 13.8 Å². The number of ether oxygens (including phenoxy) is 3. The Morgan fingerprint density at radius 1 is 1.43 bits per heavy atom. The average molecular weight is 314 g/mol. The fourth-order valence-corrected chi connectivity index (χ4v) is 1.98. The molecule has 1 unspecified atom stereocenters. The number of amides is 1. The Hall–Kier alpha value is -1.95. The summed E-state index contributed by atoms with van der Waals surface area (Å²) in [5.41, 5.74) is 0.209. The minimum Gasteiger partial charge on any atom is -0.454 e. The van der Waals surface area contributed by atoms with Gasteiger partial charge in [-0.3, -0.25) is 4.79 Å². The van der Waals surface area contributed by atoms with Gasteiger partial charge >= 0.3 is 5.97 Å². The highest BCUT2D eigenvalue weighted by Crippen LogP contribution is 2.39. The number of benzene rings is 1. The van der Waals surface area contributed by atoms with Crippen LogP contribution in [0.25, 0.3) is 0 Å². The van der Waals surface area contributed by atoms with E-state index in [4.69, 9.17) is 25.8 Å². The van der Waals surface area contributed by atoms with Gasteiger partial charge < -0.3 is 19.5 Å². The van der Waals surface area contributed by atoms with Gasteiger partial charge in [0, 0.05) is 6.04 Å². The normalized spacial score (nSPS) is 13.7. The number of carbonyl (C=O) groups is 2. The Bertz CT molecular complexity index is 561. The Balaban J connectivity index is 1.95. The first-order chi connectivity index (χ1) is 10.0. The SMILES string of the molecule is CCC(C)NC(=O)COC(=O)c1cc(Cl)c2c(c1)OCO2. The first kappa shape index (κ1) is 15.4. The molecule has 0 aliphatic carbocycles. The van der Waals surface area contributed by atoms with Crippen LogP contribution in [0, 0.1) is 0 Å². The maximum atomic E-state index is 11.9. The molecule has 21 heavy (non-hydrogen) atoms. The Morgan fingerprint density at radius 3 is 2.90 bits per heavy atom. The zero-order valence-corrected chi connectivity index (χ0v) is 12.5. The minimum atomic E-state index is -0.644. The number of halogens is 1. The zero-order valence-electron chi connectivity index (χ0n) is 11.8. The predicted octanol–water partition coefficient (Wildman–Crippen LogP) is 2.14. The highest BCUT2D eigenvalue weighted by molar-refractivity contribution is 6.32. The Labute approximate surface area is 127 Å². The second-order valence-corrected chi connectivity index (χ2v) is 5.05. The van der Waals surface area contributed by atoms with E-state index in [9.17, 15) is 9.59 Å². The molecule has 2 rings (SSSR count). The Kier molecular flexibility index (Phi) is 4.90. The number of rotatable bonds is 5. The third-order valence-electron chi connectivity index (χ3n) is 3.02. The second-order valence-electron chi connectivity index (χ2n) is 4.64. The lowest BCUT2D eigenvalue weighted by molar-refractivity contribution is -0.124. The van der Waals surface area contributed by atoms with Gasteiger partial charge in [0.1, 0.15) is 0 Å². The third-order valence-corrected chi connectivity index (χ3v) is 3.30. The Morgan fingerprint density at radius 2 is 2.19 bits per heavy atom. The van der Waals surface area contributed by atoms with Crippen molar-refractivity contribution in [3.8, 4) is 11.5 Å². The summed E-state index contributed by atoms with van der Waals surface area (Å²) in [5.74, 6) is -0.194. The summed E-state index contributed by atoms with van der Waals surface area (Å²) < 4.78 is 15.3. The van der Waals surface area contributed by atoms with Crippen LogP contribution in [0.15, 0.2) is 12.1 Å². The van der Waals surface area contributed by atoms with Gasteiger partial charge in [-0.25, -0.2) is 4.79 Å². The molecule has 6 nitrogen and oxygen atoms in total. The van der Waals surface area contributed by atoms with Crippen molar-refractivity contribution < 1.29 is 23.8 Å². The van der Waals surface area contributed by atoms with E-state index in [0.29, 0.717) is 11.5 Å². The summed E-state index contributed by atoms with van der Waals surface area (Å²) in [4.78, 5) is 23.4. The van der Waals surface area contributed by atoms with Crippen molar-refractivity contribution in [3.05, 3.63) is 22.7 Å². The average Bonchev–Trinajstić information content (AvgIpc) is 2.93. The van der Waals surface area contributed by atoms with Gasteiger partial charge in [0.15, 0.2) is 18.1 Å². The summed E-state index contributed by atoms with van der Waals surface area (Å²) in [7, 11) is 0. The molecule has 0 saturated carbocycles. The fraction of sp³-hybridized carbons (Fsp3) is 0.429. The summed E-state index contributed by atoms with van der Waals surface area (Å²) in [6, 6.07) is 2.93. The molecule has 1 aromatic carbocycles. The van der Waals surface area contributed by atoms with Gasteiger partial charge in [-0.15, -0.1) is 0 Å². The molecule has 7 heteroatoms. The monoisotopic (exact) mass is 313 g/mol. The van der Waals surface area contributed by atoms with Crippen molar-refractivity contribution in [2.45, 2.75) is 26.3 Å². The van der Waals surface area contributed by atoms with Gasteiger partial charge in [-0.05, 0) is 25.5 Å². The van der Waals surface area contributed by atoms with Crippen LogP contribution in [-0.4, -0.2) is 31.3 Å². The maximum absolute atomic E-state index is 11.9. The lowest BCUT2D eigenvalue weighted by atomic mass is 10.2. The summed E-state index contributed by atoms with van der Waals surface area (Å²) >= 11 is 5.98. The number of hydrogen-bond donors (Lipinski definition) is 1. The molecule has 1 atom stereocenters. The van der Waals surface area contributed by atoms with E-state index in [-0.39, 0.29) is 35.9 Å². The number of carbonyl (C=O) groups excluding carboxylic acids is 2. The first-order valence-electron chi connectivity index (χ1n) is 6.57. The van der Waals surface area contributed by atoms with Crippen LogP contribution in [0.1, 0.15) is 30.6 Å². The molecule has 0 aromatic heterocycles. The smallest absolute Gasteiger partial charge is 0.338 e. The minimum absolute atomic E-state index is 0.0381. The molecule has 114 valence electrons. The maximum Gasteiger partial charge on any atom is 0.338 e. The van der Waals surface area contributed by atoms with Crippen molar-refractivity contribution in [2.24, 2.45) is 0 Å². The lowest BCUT2D eigenvalue weighted by Gasteiger charge is -2.11. The molecule has 1 aliphatic rings. The number of esters is 1. The van der Waals surface area contributed by atoms with E-state index in [2.05, 4.69) is 5.32 Å². The lowest BCUT2D eigenvalue weighted by Crippen LogP contribution is -2.35. The van der Waals surface area contributed by atoms with Gasteiger partial charge in [-0.2, -0.15) is 0 Å². The molecule has 0 spiro atoms. The van der Waals surface area contributed by atoms with Gasteiger partial charge in [0.05, 0.1) is 10.6 Å². The van der Waals surface area contributed by atoms with Crippen LogP contribution in [0.4, 0.5) is 0 Å². The molecule has 1 aliphatic heterocycles. The molecular weight excluding hydrogens is 298 g/mol. The van der Waals surface area contributed by atoms with E-state index in [1.54, 1.807) is 0 Å². The van der Waals surface area contributed by atoms with E-state index >= 15 is 0 Å². The van der Waals surface area contributed by atoms with Crippen molar-refractivity contribution in [2.75, 3.05) is 13.4 Å². The van der Waals surface area contributed by atoms with Crippen LogP contribution in [0.2, 0.25) is 5.02 Å². The van der Waals surface area contributed by atoms with Crippen molar-refractivity contribution in [3.63, 3.8) is 0 Å². The molecule has 0 saturated heterocycles. The van der Waals surface area contributed by atoms with Crippen LogP contribution >= 0.6 is 11.6 Å². The molecule has 0 fully saturated rings. The van der Waals surface area contributed by atoms with Gasteiger partial charge in [0.25, 0.3) is 5.91 Å². The summed E-state index contributed by atoms with van der Waals surface area (Å²) in [6.45, 7) is 3.54. The third kappa shape index (κ3) is 3.78. The largest absolute Gasteiger partial charge is 0.454 e. The molecule has 1 N–H and O–H groups in total. The topological polar surface area (TPSA) is 73.9 Å². The number of hydrogen-bond acceptors (Lipinski definition) is 5. The summed E-state index contributed by atoms with van der Waals surface area (Å²) in [5, 5.41) is 2.97. The molecule has 1 aromatic rings. The zero-order chi connectivity index (χ0) is 15.4. The standard InChI is InChI=1S/C14H16ClNO5/c1-3-8(2)16-12(17)6-19-14(18)9-4-10(15)13-11(5-9)20-7-21-13/h4-5,8H,3,6-7H2,1-2H3,(H,16,17). The quantitative estimate of drug-likeness (QED) is 0.843. The molecule has 0 radical (unpaired) electrons. The summed E-state index contributed by atoms with van der Waals surface area (Å²) in [6.07, 6.45) is 0.803. The highest BCUT2D eigenvalue weighted by atomic mass is 35.5. The van der Waals surface area contributed by atoms with Crippen LogP contribution in [0.3, 0.4) is 0 Å². The van der Waals surface area contributed by atoms with Crippen LogP contribution < -0.4 is 14.8 Å². The second kappa shape index (κ2) is 6.67. The van der Waals surface area contributed by atoms with Crippen molar-refractivity contribution >= 4 is 23.5 Å². The highest BCUT2D eigenvalue weighted by Gasteiger charge is 2.21. The van der Waals surface area contributed by atoms with Crippen LogP contribution in [0.5, 0.6) is 11.5 Å². The van der Waals surface area contributed by atoms with E-state index in [0.717, 1.165) is 6.42 Å². The first-order valence-corrected chi connectivity index (χ1v) is 6.94. The molecule has 0 bridgehead atoms. The van der Waals surface area contributed by atoms with E-state index < -0.39 is 5.97 Å². The van der Waals surface area contributed by atoms with E-state index in [1.165, 1.54) is 12.1 Å². The molecular formula is C14H16ClNO5. The predicted molar refractivity (Wildman–Crippen MR) is 75.8 cm³/mol.